The standard InChI is InChI=1S/C11H16N2O3S/c1-6(11(15)16)4-5-12-10(14)9-7(2)13-8(3)17-9/h6H,4-5H2,1-3H3,(H,12,14)(H,15,16). The zero-order valence-electron chi connectivity index (χ0n) is 10.1. The van der Waals surface area contributed by atoms with Crippen LogP contribution in [0.3, 0.4) is 0 Å². The van der Waals surface area contributed by atoms with Gasteiger partial charge in [0.1, 0.15) is 4.88 Å². The SMILES string of the molecule is Cc1nc(C)c(C(=O)NCCC(C)C(=O)O)s1. The summed E-state index contributed by atoms with van der Waals surface area (Å²) in [7, 11) is 0. The first kappa shape index (κ1) is 13.6. The van der Waals surface area contributed by atoms with Gasteiger partial charge in [-0.3, -0.25) is 9.59 Å². The van der Waals surface area contributed by atoms with Crippen LogP contribution in [0.25, 0.3) is 0 Å². The van der Waals surface area contributed by atoms with Gasteiger partial charge in [0.15, 0.2) is 0 Å². The number of hydrogen-bond acceptors (Lipinski definition) is 4. The molecule has 1 unspecified atom stereocenters. The summed E-state index contributed by atoms with van der Waals surface area (Å²) in [6, 6.07) is 0. The van der Waals surface area contributed by atoms with E-state index in [0.717, 1.165) is 10.7 Å². The van der Waals surface area contributed by atoms with Crippen LogP contribution < -0.4 is 5.32 Å². The molecule has 0 bridgehead atoms. The Hall–Kier alpha value is -1.43. The number of thiazole rings is 1. The molecule has 1 aromatic rings. The van der Waals surface area contributed by atoms with Gasteiger partial charge in [-0.05, 0) is 20.3 Å². The minimum absolute atomic E-state index is 0.175. The van der Waals surface area contributed by atoms with Gasteiger partial charge < -0.3 is 10.4 Å². The molecular formula is C11H16N2O3S. The molecule has 1 aromatic heterocycles. The summed E-state index contributed by atoms with van der Waals surface area (Å²) in [4.78, 5) is 27.1. The summed E-state index contributed by atoms with van der Waals surface area (Å²) in [5.41, 5.74) is 0.719. The summed E-state index contributed by atoms with van der Waals surface area (Å²) in [6.45, 7) is 5.62. The van der Waals surface area contributed by atoms with Crippen molar-refractivity contribution in [3.05, 3.63) is 15.6 Å². The minimum Gasteiger partial charge on any atom is -0.481 e. The van der Waals surface area contributed by atoms with E-state index in [-0.39, 0.29) is 5.91 Å². The molecule has 0 saturated heterocycles. The van der Waals surface area contributed by atoms with Crippen molar-refractivity contribution < 1.29 is 14.7 Å². The maximum absolute atomic E-state index is 11.7. The molecule has 0 aliphatic carbocycles. The molecule has 0 aromatic carbocycles. The number of hydrogen-bond donors (Lipinski definition) is 2. The number of carbonyl (C=O) groups is 2. The molecule has 0 saturated carbocycles. The van der Waals surface area contributed by atoms with E-state index in [9.17, 15) is 9.59 Å². The van der Waals surface area contributed by atoms with Gasteiger partial charge >= 0.3 is 5.97 Å². The van der Waals surface area contributed by atoms with Crippen molar-refractivity contribution >= 4 is 23.2 Å². The van der Waals surface area contributed by atoms with Crippen LogP contribution in [-0.4, -0.2) is 28.5 Å². The summed E-state index contributed by atoms with van der Waals surface area (Å²) in [5, 5.41) is 12.3. The lowest BCUT2D eigenvalue weighted by Crippen LogP contribution is -2.26. The van der Waals surface area contributed by atoms with Crippen LogP contribution in [0.5, 0.6) is 0 Å². The third kappa shape index (κ3) is 3.81. The Kier molecular flexibility index (Phi) is 4.62. The average Bonchev–Trinajstić information content (AvgIpc) is 2.57. The second-order valence-electron chi connectivity index (χ2n) is 3.93. The van der Waals surface area contributed by atoms with Crippen molar-refractivity contribution in [3.8, 4) is 0 Å². The number of carboxylic acid groups (broad SMARTS) is 1. The van der Waals surface area contributed by atoms with E-state index in [1.807, 2.05) is 6.92 Å². The monoisotopic (exact) mass is 256 g/mol. The maximum Gasteiger partial charge on any atom is 0.306 e. The molecule has 0 radical (unpaired) electrons. The quantitative estimate of drug-likeness (QED) is 0.838. The van der Waals surface area contributed by atoms with Crippen LogP contribution in [0.15, 0.2) is 0 Å². The van der Waals surface area contributed by atoms with Crippen molar-refractivity contribution in [2.75, 3.05) is 6.54 Å². The highest BCUT2D eigenvalue weighted by atomic mass is 32.1. The van der Waals surface area contributed by atoms with E-state index in [2.05, 4.69) is 10.3 Å². The predicted octanol–water partition coefficient (Wildman–Crippen LogP) is 1.60. The summed E-state index contributed by atoms with van der Waals surface area (Å²) in [5.74, 6) is -1.46. The number of carbonyl (C=O) groups excluding carboxylic acids is 1. The lowest BCUT2D eigenvalue weighted by molar-refractivity contribution is -0.141. The fraction of sp³-hybridized carbons (Fsp3) is 0.545. The molecule has 0 aliphatic heterocycles. The average molecular weight is 256 g/mol. The number of nitrogens with one attached hydrogen (secondary N) is 1. The van der Waals surface area contributed by atoms with Gasteiger partial charge in [-0.25, -0.2) is 4.98 Å². The molecule has 17 heavy (non-hydrogen) atoms. The van der Waals surface area contributed by atoms with Crippen LogP contribution >= 0.6 is 11.3 Å². The Morgan fingerprint density at radius 3 is 2.59 bits per heavy atom. The fourth-order valence-electron chi connectivity index (χ4n) is 1.35. The van der Waals surface area contributed by atoms with Gasteiger partial charge in [0.05, 0.1) is 16.6 Å². The highest BCUT2D eigenvalue weighted by molar-refractivity contribution is 7.13. The van der Waals surface area contributed by atoms with Crippen molar-refractivity contribution in [2.24, 2.45) is 5.92 Å². The number of aryl methyl sites for hydroxylation is 2. The van der Waals surface area contributed by atoms with Crippen LogP contribution in [0.2, 0.25) is 0 Å². The first-order chi connectivity index (χ1) is 7.91. The molecule has 1 heterocycles. The van der Waals surface area contributed by atoms with Crippen LogP contribution in [0.1, 0.15) is 33.7 Å². The number of aliphatic carboxylic acids is 1. The molecule has 6 heteroatoms. The van der Waals surface area contributed by atoms with Crippen molar-refractivity contribution in [2.45, 2.75) is 27.2 Å². The molecule has 1 rings (SSSR count). The zero-order chi connectivity index (χ0) is 13.0. The second-order valence-corrected chi connectivity index (χ2v) is 5.13. The number of carboxylic acids is 1. The number of nitrogens with zero attached hydrogens (tertiary/aromatic N) is 1. The van der Waals surface area contributed by atoms with Crippen molar-refractivity contribution in [1.29, 1.82) is 0 Å². The predicted molar refractivity (Wildman–Crippen MR) is 65.3 cm³/mol. The molecule has 94 valence electrons. The van der Waals surface area contributed by atoms with Crippen molar-refractivity contribution in [1.82, 2.24) is 10.3 Å². The number of aromatic nitrogens is 1. The van der Waals surface area contributed by atoms with E-state index in [1.54, 1.807) is 13.8 Å². The Bertz CT molecular complexity index is 428. The summed E-state index contributed by atoms with van der Waals surface area (Å²) < 4.78 is 0. The van der Waals surface area contributed by atoms with Crippen LogP contribution in [0, 0.1) is 19.8 Å². The Labute approximate surface area is 104 Å². The highest BCUT2D eigenvalue weighted by Crippen LogP contribution is 2.16. The molecule has 1 amide bonds. The normalized spacial score (nSPS) is 12.2. The van der Waals surface area contributed by atoms with E-state index >= 15 is 0 Å². The first-order valence-corrected chi connectivity index (χ1v) is 6.18. The molecule has 1 atom stereocenters. The molecule has 5 nitrogen and oxygen atoms in total. The minimum atomic E-state index is -0.843. The van der Waals surface area contributed by atoms with E-state index in [4.69, 9.17) is 5.11 Å². The van der Waals surface area contributed by atoms with E-state index < -0.39 is 11.9 Å². The van der Waals surface area contributed by atoms with Crippen LogP contribution in [-0.2, 0) is 4.79 Å². The molecule has 2 N–H and O–H groups in total. The smallest absolute Gasteiger partial charge is 0.306 e. The van der Waals surface area contributed by atoms with E-state index in [0.29, 0.717) is 17.8 Å². The van der Waals surface area contributed by atoms with Gasteiger partial charge in [0.25, 0.3) is 5.91 Å². The lowest BCUT2D eigenvalue weighted by Gasteiger charge is -2.07. The molecule has 0 fully saturated rings. The summed E-state index contributed by atoms with van der Waals surface area (Å²) >= 11 is 1.35. The van der Waals surface area contributed by atoms with Gasteiger partial charge in [-0.2, -0.15) is 0 Å². The molecule has 0 aliphatic rings. The molecule has 0 spiro atoms. The van der Waals surface area contributed by atoms with Gasteiger partial charge in [-0.15, -0.1) is 11.3 Å². The third-order valence-electron chi connectivity index (χ3n) is 2.39. The summed E-state index contributed by atoms with van der Waals surface area (Å²) in [6.07, 6.45) is 0.428. The van der Waals surface area contributed by atoms with Gasteiger partial charge in [-0.1, -0.05) is 6.92 Å². The topological polar surface area (TPSA) is 79.3 Å². The Morgan fingerprint density at radius 1 is 1.47 bits per heavy atom. The van der Waals surface area contributed by atoms with Gasteiger partial charge in [0, 0.05) is 6.54 Å². The largest absolute Gasteiger partial charge is 0.481 e. The van der Waals surface area contributed by atoms with Crippen molar-refractivity contribution in [3.63, 3.8) is 0 Å². The number of rotatable bonds is 5. The molecular weight excluding hydrogens is 240 g/mol. The second kappa shape index (κ2) is 5.77. The Balaban J connectivity index is 2.45. The Morgan fingerprint density at radius 2 is 2.12 bits per heavy atom. The highest BCUT2D eigenvalue weighted by Gasteiger charge is 2.15. The first-order valence-electron chi connectivity index (χ1n) is 5.37. The maximum atomic E-state index is 11.7. The fourth-order valence-corrected chi connectivity index (χ4v) is 2.18. The van der Waals surface area contributed by atoms with E-state index in [1.165, 1.54) is 11.3 Å². The van der Waals surface area contributed by atoms with Gasteiger partial charge in [0.2, 0.25) is 0 Å². The number of amides is 1. The lowest BCUT2D eigenvalue weighted by atomic mass is 10.1. The zero-order valence-corrected chi connectivity index (χ0v) is 10.9. The van der Waals surface area contributed by atoms with Crippen LogP contribution in [0.4, 0.5) is 0 Å². The third-order valence-corrected chi connectivity index (χ3v) is 3.47.